The van der Waals surface area contributed by atoms with E-state index in [1.807, 2.05) is 31.2 Å². The van der Waals surface area contributed by atoms with Gasteiger partial charge in [-0.15, -0.1) is 5.10 Å². The first kappa shape index (κ1) is 10.8. The van der Waals surface area contributed by atoms with Crippen molar-refractivity contribution in [3.63, 3.8) is 0 Å². The highest BCUT2D eigenvalue weighted by atomic mass is 35.5. The Morgan fingerprint density at radius 3 is 2.69 bits per heavy atom. The molecule has 0 saturated heterocycles. The third kappa shape index (κ3) is 1.84. The van der Waals surface area contributed by atoms with Gasteiger partial charge in [-0.2, -0.15) is 10.2 Å². The zero-order chi connectivity index (χ0) is 11.5. The normalized spacial score (nSPS) is 12.8. The summed E-state index contributed by atoms with van der Waals surface area (Å²) in [5.41, 5.74) is 0.693. The van der Waals surface area contributed by atoms with E-state index < -0.39 is 0 Å². The molecule has 0 aliphatic carbocycles. The molecule has 2 rings (SSSR count). The van der Waals surface area contributed by atoms with Crippen LogP contribution in [-0.2, 0) is 7.05 Å². The molecule has 16 heavy (non-hydrogen) atoms. The minimum absolute atomic E-state index is 0.470. The van der Waals surface area contributed by atoms with Crippen LogP contribution in [0.5, 0.6) is 0 Å². The fraction of sp³-hybridized carbons (Fsp3) is 0.182. The van der Waals surface area contributed by atoms with Crippen molar-refractivity contribution in [3.05, 3.63) is 34.9 Å². The van der Waals surface area contributed by atoms with Crippen LogP contribution >= 0.6 is 11.6 Å². The molecule has 0 saturated carbocycles. The summed E-state index contributed by atoms with van der Waals surface area (Å²) in [4.78, 5) is 0. The first-order valence-electron chi connectivity index (χ1n) is 4.87. The van der Waals surface area contributed by atoms with E-state index in [2.05, 4.69) is 15.3 Å². The van der Waals surface area contributed by atoms with Crippen molar-refractivity contribution < 1.29 is 0 Å². The van der Waals surface area contributed by atoms with Gasteiger partial charge < -0.3 is 0 Å². The predicted octanol–water partition coefficient (Wildman–Crippen LogP) is 2.13. The van der Waals surface area contributed by atoms with Crippen molar-refractivity contribution in [3.8, 4) is 0 Å². The Morgan fingerprint density at radius 1 is 1.31 bits per heavy atom. The smallest absolute Gasteiger partial charge is 0.179 e. The van der Waals surface area contributed by atoms with Crippen LogP contribution in [0.25, 0.3) is 10.8 Å². The molecule has 2 aromatic rings. The second kappa shape index (κ2) is 4.45. The second-order valence-electron chi connectivity index (χ2n) is 3.26. The van der Waals surface area contributed by atoms with Crippen LogP contribution in [0.1, 0.15) is 6.92 Å². The van der Waals surface area contributed by atoms with Crippen LogP contribution in [0.15, 0.2) is 34.5 Å². The molecule has 0 aliphatic rings. The van der Waals surface area contributed by atoms with Gasteiger partial charge in [-0.3, -0.25) is 0 Å². The summed E-state index contributed by atoms with van der Waals surface area (Å²) in [5, 5.41) is 14.4. The largest absolute Gasteiger partial charge is 0.248 e. The van der Waals surface area contributed by atoms with Gasteiger partial charge in [0, 0.05) is 24.0 Å². The van der Waals surface area contributed by atoms with E-state index in [1.54, 1.807) is 17.9 Å². The molecule has 1 heterocycles. The summed E-state index contributed by atoms with van der Waals surface area (Å²) in [6.07, 6.45) is 1.63. The van der Waals surface area contributed by atoms with E-state index in [0.717, 1.165) is 10.8 Å². The molecule has 1 aromatic heterocycles. The van der Waals surface area contributed by atoms with Crippen molar-refractivity contribution in [2.75, 3.05) is 0 Å². The highest BCUT2D eigenvalue weighted by Gasteiger charge is 2.04. The molecule has 0 radical (unpaired) electrons. The van der Waals surface area contributed by atoms with Gasteiger partial charge in [0.15, 0.2) is 10.6 Å². The van der Waals surface area contributed by atoms with Crippen molar-refractivity contribution in [2.24, 2.45) is 17.3 Å². The Hall–Kier alpha value is -1.68. The van der Waals surface area contributed by atoms with E-state index in [-0.39, 0.29) is 0 Å². The fourth-order valence-electron chi connectivity index (χ4n) is 1.50. The first-order chi connectivity index (χ1) is 7.74. The molecule has 4 nitrogen and oxygen atoms in total. The number of benzene rings is 1. The fourth-order valence-corrected chi connectivity index (χ4v) is 1.77. The van der Waals surface area contributed by atoms with E-state index in [4.69, 9.17) is 11.6 Å². The maximum atomic E-state index is 6.06. The SMILES string of the molecule is CC=NN=c1c2ccccc2c(Cl)nn1C. The van der Waals surface area contributed by atoms with Crippen LogP contribution in [0, 0.1) is 0 Å². The summed E-state index contributed by atoms with van der Waals surface area (Å²) in [6, 6.07) is 7.72. The Labute approximate surface area is 97.9 Å². The third-order valence-electron chi connectivity index (χ3n) is 2.20. The lowest BCUT2D eigenvalue weighted by Crippen LogP contribution is -2.21. The molecular weight excluding hydrogens is 224 g/mol. The molecule has 0 atom stereocenters. The lowest BCUT2D eigenvalue weighted by atomic mass is 10.2. The molecular formula is C11H11ClN4. The van der Waals surface area contributed by atoms with Gasteiger partial charge in [-0.25, -0.2) is 4.68 Å². The monoisotopic (exact) mass is 234 g/mol. The van der Waals surface area contributed by atoms with Gasteiger partial charge >= 0.3 is 0 Å². The van der Waals surface area contributed by atoms with E-state index in [9.17, 15) is 0 Å². The maximum absolute atomic E-state index is 6.06. The van der Waals surface area contributed by atoms with Crippen molar-refractivity contribution in [1.29, 1.82) is 0 Å². The summed E-state index contributed by atoms with van der Waals surface area (Å²) in [7, 11) is 1.79. The molecule has 0 aliphatic heterocycles. The number of aryl methyl sites for hydroxylation is 1. The lowest BCUT2D eigenvalue weighted by Gasteiger charge is -2.04. The number of nitrogens with zero attached hydrogens (tertiary/aromatic N) is 4. The van der Waals surface area contributed by atoms with Crippen molar-refractivity contribution >= 4 is 28.6 Å². The summed E-state index contributed by atoms with van der Waals surface area (Å²) < 4.78 is 1.62. The molecule has 0 N–H and O–H groups in total. The zero-order valence-electron chi connectivity index (χ0n) is 9.05. The molecule has 0 fully saturated rings. The first-order valence-corrected chi connectivity index (χ1v) is 5.25. The molecule has 5 heteroatoms. The number of hydrogen-bond acceptors (Lipinski definition) is 3. The molecule has 0 amide bonds. The highest BCUT2D eigenvalue weighted by Crippen LogP contribution is 2.16. The summed E-state index contributed by atoms with van der Waals surface area (Å²) in [6.45, 7) is 1.81. The third-order valence-corrected chi connectivity index (χ3v) is 2.48. The van der Waals surface area contributed by atoms with E-state index >= 15 is 0 Å². The number of hydrogen-bond donors (Lipinski definition) is 0. The summed E-state index contributed by atoms with van der Waals surface area (Å²) in [5.74, 6) is 0. The number of aromatic nitrogens is 2. The van der Waals surface area contributed by atoms with E-state index in [0.29, 0.717) is 10.6 Å². The number of fused-ring (bicyclic) bond motifs is 1. The second-order valence-corrected chi connectivity index (χ2v) is 3.62. The van der Waals surface area contributed by atoms with Crippen molar-refractivity contribution in [2.45, 2.75) is 6.92 Å². The number of halogens is 1. The minimum atomic E-state index is 0.470. The van der Waals surface area contributed by atoms with Gasteiger partial charge in [0.05, 0.1) is 0 Å². The van der Waals surface area contributed by atoms with Crippen LogP contribution in [0.2, 0.25) is 5.15 Å². The van der Waals surface area contributed by atoms with Crippen molar-refractivity contribution in [1.82, 2.24) is 9.78 Å². The molecule has 0 bridgehead atoms. The van der Waals surface area contributed by atoms with E-state index in [1.165, 1.54) is 0 Å². The standard InChI is InChI=1S/C11H11ClN4/c1-3-13-14-11-9-7-5-4-6-8(9)10(12)15-16(11)2/h3-7H,1-2H3. The Bertz CT molecular complexity index is 613. The lowest BCUT2D eigenvalue weighted by molar-refractivity contribution is 0.696. The average Bonchev–Trinajstić information content (AvgIpc) is 2.29. The van der Waals surface area contributed by atoms with Gasteiger partial charge in [0.25, 0.3) is 0 Å². The highest BCUT2D eigenvalue weighted by molar-refractivity contribution is 6.34. The number of rotatable bonds is 1. The Balaban J connectivity index is 2.92. The quantitative estimate of drug-likeness (QED) is 0.551. The van der Waals surface area contributed by atoms with Gasteiger partial charge in [0.1, 0.15) is 0 Å². The minimum Gasteiger partial charge on any atom is -0.248 e. The van der Waals surface area contributed by atoms with Crippen LogP contribution in [0.4, 0.5) is 0 Å². The molecule has 0 spiro atoms. The maximum Gasteiger partial charge on any atom is 0.179 e. The Morgan fingerprint density at radius 2 is 2.00 bits per heavy atom. The van der Waals surface area contributed by atoms with Gasteiger partial charge in [-0.1, -0.05) is 35.9 Å². The summed E-state index contributed by atoms with van der Waals surface area (Å²) >= 11 is 6.06. The Kier molecular flexibility index (Phi) is 3.01. The zero-order valence-corrected chi connectivity index (χ0v) is 9.81. The van der Waals surface area contributed by atoms with Gasteiger partial charge in [0.2, 0.25) is 0 Å². The molecule has 82 valence electrons. The predicted molar refractivity (Wildman–Crippen MR) is 65.5 cm³/mol. The topological polar surface area (TPSA) is 42.5 Å². The van der Waals surface area contributed by atoms with Crippen LogP contribution in [-0.4, -0.2) is 16.0 Å². The van der Waals surface area contributed by atoms with Gasteiger partial charge in [-0.05, 0) is 6.92 Å². The molecule has 1 aromatic carbocycles. The van der Waals surface area contributed by atoms with Crippen LogP contribution in [0.3, 0.4) is 0 Å². The van der Waals surface area contributed by atoms with Crippen LogP contribution < -0.4 is 5.49 Å². The average molecular weight is 235 g/mol. The molecule has 0 unspecified atom stereocenters.